The number of hydrogen-bond acceptors (Lipinski definition) is 3. The molecule has 1 aliphatic rings. The molecule has 2 rings (SSSR count). The zero-order valence-electron chi connectivity index (χ0n) is 11.0. The first-order valence-corrected chi connectivity index (χ1v) is 7.57. The van der Waals surface area contributed by atoms with Crippen LogP contribution in [0.4, 0.5) is 0 Å². The molecule has 0 atom stereocenters. The van der Waals surface area contributed by atoms with E-state index in [4.69, 9.17) is 5.11 Å². The number of benzene rings is 1. The van der Waals surface area contributed by atoms with Crippen molar-refractivity contribution in [3.05, 3.63) is 29.3 Å². The van der Waals surface area contributed by atoms with E-state index in [0.717, 1.165) is 12.8 Å². The highest BCUT2D eigenvalue weighted by atomic mass is 32.2. The Hall–Kier alpha value is -1.40. The Bertz CT molecular complexity index is 605. The number of carboxylic acid groups (broad SMARTS) is 1. The van der Waals surface area contributed by atoms with Crippen LogP contribution in [0, 0.1) is 12.8 Å². The first kappa shape index (κ1) is 14.0. The van der Waals surface area contributed by atoms with E-state index in [-0.39, 0.29) is 16.0 Å². The Morgan fingerprint density at radius 2 is 2.05 bits per heavy atom. The third-order valence-electron chi connectivity index (χ3n) is 3.41. The summed E-state index contributed by atoms with van der Waals surface area (Å²) in [6, 6.07) is 4.34. The summed E-state index contributed by atoms with van der Waals surface area (Å²) in [6.07, 6.45) is 2.13. The fourth-order valence-corrected chi connectivity index (χ4v) is 3.55. The molecule has 6 heteroatoms. The van der Waals surface area contributed by atoms with Crippen LogP contribution in [0.15, 0.2) is 23.1 Å². The molecule has 0 saturated heterocycles. The molecule has 0 spiro atoms. The zero-order chi connectivity index (χ0) is 14.2. The molecule has 1 aromatic carbocycles. The summed E-state index contributed by atoms with van der Waals surface area (Å²) < 4.78 is 26.2. The number of rotatable bonds is 5. The van der Waals surface area contributed by atoms with Crippen LogP contribution in [-0.4, -0.2) is 37.4 Å². The normalized spacial score (nSPS) is 15.7. The smallest absolute Gasteiger partial charge is 0.335 e. The number of hydrogen-bond donors (Lipinski definition) is 1. The monoisotopic (exact) mass is 283 g/mol. The van der Waals surface area contributed by atoms with E-state index in [9.17, 15) is 13.2 Å². The van der Waals surface area contributed by atoms with Crippen LogP contribution in [0.3, 0.4) is 0 Å². The van der Waals surface area contributed by atoms with Crippen molar-refractivity contribution in [2.24, 2.45) is 5.92 Å². The second-order valence-corrected chi connectivity index (χ2v) is 6.98. The number of aromatic carboxylic acids is 1. The number of carbonyl (C=O) groups is 1. The molecule has 0 radical (unpaired) electrons. The highest BCUT2D eigenvalue weighted by molar-refractivity contribution is 7.89. The van der Waals surface area contributed by atoms with Gasteiger partial charge in [-0.2, -0.15) is 0 Å². The van der Waals surface area contributed by atoms with Crippen LogP contribution in [0.1, 0.15) is 28.8 Å². The zero-order valence-corrected chi connectivity index (χ0v) is 11.8. The van der Waals surface area contributed by atoms with Gasteiger partial charge in [0.25, 0.3) is 0 Å². The standard InChI is InChI=1S/C13H17NO4S/c1-9-11(13(15)16)4-3-5-12(9)19(17,18)14(2)8-10-6-7-10/h3-5,10H,6-8H2,1-2H3,(H,15,16). The van der Waals surface area contributed by atoms with Gasteiger partial charge in [0.15, 0.2) is 0 Å². The Morgan fingerprint density at radius 3 is 2.58 bits per heavy atom. The van der Waals surface area contributed by atoms with Crippen molar-refractivity contribution >= 4 is 16.0 Å². The molecule has 104 valence electrons. The summed E-state index contributed by atoms with van der Waals surface area (Å²) >= 11 is 0. The van der Waals surface area contributed by atoms with Crippen molar-refractivity contribution in [1.82, 2.24) is 4.31 Å². The van der Waals surface area contributed by atoms with Crippen molar-refractivity contribution < 1.29 is 18.3 Å². The van der Waals surface area contributed by atoms with Gasteiger partial charge in [-0.25, -0.2) is 17.5 Å². The largest absolute Gasteiger partial charge is 0.478 e. The number of nitrogens with zero attached hydrogens (tertiary/aromatic N) is 1. The summed E-state index contributed by atoms with van der Waals surface area (Å²) in [4.78, 5) is 11.1. The van der Waals surface area contributed by atoms with Crippen LogP contribution >= 0.6 is 0 Å². The van der Waals surface area contributed by atoms with Gasteiger partial charge in [0, 0.05) is 13.6 Å². The molecule has 1 saturated carbocycles. The second kappa shape index (κ2) is 4.94. The Morgan fingerprint density at radius 1 is 1.42 bits per heavy atom. The lowest BCUT2D eigenvalue weighted by atomic mass is 10.1. The first-order chi connectivity index (χ1) is 8.84. The summed E-state index contributed by atoms with van der Waals surface area (Å²) in [5.74, 6) is -0.665. The van der Waals surface area contributed by atoms with Gasteiger partial charge in [-0.05, 0) is 43.4 Å². The minimum Gasteiger partial charge on any atom is -0.478 e. The molecule has 0 aromatic heterocycles. The average molecular weight is 283 g/mol. The topological polar surface area (TPSA) is 74.7 Å². The maximum absolute atomic E-state index is 12.4. The third kappa shape index (κ3) is 2.79. The Kier molecular flexibility index (Phi) is 3.64. The van der Waals surface area contributed by atoms with E-state index >= 15 is 0 Å². The van der Waals surface area contributed by atoms with Crippen LogP contribution in [0.2, 0.25) is 0 Å². The van der Waals surface area contributed by atoms with Crippen LogP contribution in [-0.2, 0) is 10.0 Å². The minimum atomic E-state index is -3.61. The van der Waals surface area contributed by atoms with Crippen LogP contribution in [0.25, 0.3) is 0 Å². The average Bonchev–Trinajstić information content (AvgIpc) is 3.12. The molecule has 1 aliphatic carbocycles. The summed E-state index contributed by atoms with van der Waals surface area (Å²) in [5, 5.41) is 9.04. The Labute approximate surface area is 112 Å². The van der Waals surface area contributed by atoms with Gasteiger partial charge in [-0.3, -0.25) is 0 Å². The van der Waals surface area contributed by atoms with Gasteiger partial charge < -0.3 is 5.11 Å². The highest BCUT2D eigenvalue weighted by Crippen LogP contribution is 2.31. The van der Waals surface area contributed by atoms with Gasteiger partial charge >= 0.3 is 5.97 Å². The second-order valence-electron chi connectivity index (χ2n) is 4.96. The molecular weight excluding hydrogens is 266 g/mol. The first-order valence-electron chi connectivity index (χ1n) is 6.13. The summed E-state index contributed by atoms with van der Waals surface area (Å²) in [7, 11) is -2.07. The molecule has 1 N–H and O–H groups in total. The van der Waals surface area contributed by atoms with Crippen LogP contribution in [0.5, 0.6) is 0 Å². The van der Waals surface area contributed by atoms with Crippen molar-refractivity contribution in [2.75, 3.05) is 13.6 Å². The van der Waals surface area contributed by atoms with Crippen molar-refractivity contribution in [3.63, 3.8) is 0 Å². The van der Waals surface area contributed by atoms with E-state index in [0.29, 0.717) is 12.5 Å². The molecule has 0 amide bonds. The predicted molar refractivity (Wildman–Crippen MR) is 70.7 cm³/mol. The molecule has 19 heavy (non-hydrogen) atoms. The van der Waals surface area contributed by atoms with Gasteiger partial charge in [0.05, 0.1) is 10.5 Å². The van der Waals surface area contributed by atoms with E-state index in [1.165, 1.54) is 29.4 Å². The summed E-state index contributed by atoms with van der Waals surface area (Å²) in [6.45, 7) is 2.03. The summed E-state index contributed by atoms with van der Waals surface area (Å²) in [5.41, 5.74) is 0.318. The van der Waals surface area contributed by atoms with Crippen LogP contribution < -0.4 is 0 Å². The van der Waals surface area contributed by atoms with E-state index < -0.39 is 16.0 Å². The predicted octanol–water partition coefficient (Wildman–Crippen LogP) is 1.72. The molecule has 1 aromatic rings. The molecule has 1 fully saturated rings. The highest BCUT2D eigenvalue weighted by Gasteiger charge is 2.30. The van der Waals surface area contributed by atoms with E-state index in [1.807, 2.05) is 0 Å². The fourth-order valence-electron chi connectivity index (χ4n) is 2.06. The van der Waals surface area contributed by atoms with Gasteiger partial charge in [0.2, 0.25) is 10.0 Å². The lowest BCUT2D eigenvalue weighted by Gasteiger charge is -2.18. The fraction of sp³-hybridized carbons (Fsp3) is 0.462. The van der Waals surface area contributed by atoms with Crippen molar-refractivity contribution in [1.29, 1.82) is 0 Å². The van der Waals surface area contributed by atoms with Crippen molar-refractivity contribution in [2.45, 2.75) is 24.7 Å². The van der Waals surface area contributed by atoms with Gasteiger partial charge in [-0.1, -0.05) is 6.07 Å². The molecule has 0 bridgehead atoms. The minimum absolute atomic E-state index is 0.0286. The lowest BCUT2D eigenvalue weighted by molar-refractivity contribution is 0.0696. The third-order valence-corrected chi connectivity index (χ3v) is 5.38. The van der Waals surface area contributed by atoms with Gasteiger partial charge in [-0.15, -0.1) is 0 Å². The molecule has 0 aliphatic heterocycles. The Balaban J connectivity index is 2.39. The maximum atomic E-state index is 12.4. The van der Waals surface area contributed by atoms with Gasteiger partial charge in [0.1, 0.15) is 0 Å². The SMILES string of the molecule is Cc1c(C(=O)O)cccc1S(=O)(=O)N(C)CC1CC1. The molecular formula is C13H17NO4S. The molecule has 0 heterocycles. The van der Waals surface area contributed by atoms with E-state index in [1.54, 1.807) is 7.05 Å². The van der Waals surface area contributed by atoms with Crippen molar-refractivity contribution in [3.8, 4) is 0 Å². The van der Waals surface area contributed by atoms with E-state index in [2.05, 4.69) is 0 Å². The quantitative estimate of drug-likeness (QED) is 0.893. The lowest BCUT2D eigenvalue weighted by Crippen LogP contribution is -2.29. The molecule has 5 nitrogen and oxygen atoms in total. The molecule has 0 unspecified atom stereocenters. The number of sulfonamides is 1. The maximum Gasteiger partial charge on any atom is 0.335 e. The number of carboxylic acids is 1.